The zero-order valence-corrected chi connectivity index (χ0v) is 16.8. The van der Waals surface area contributed by atoms with Gasteiger partial charge in [-0.15, -0.1) is 0 Å². The van der Waals surface area contributed by atoms with E-state index in [9.17, 15) is 9.59 Å². The van der Waals surface area contributed by atoms with Gasteiger partial charge in [-0.3, -0.25) is 9.59 Å². The second-order valence-corrected chi connectivity index (χ2v) is 7.62. The van der Waals surface area contributed by atoms with Crippen molar-refractivity contribution >= 4 is 22.4 Å². The highest BCUT2D eigenvalue weighted by Crippen LogP contribution is 2.28. The van der Waals surface area contributed by atoms with Crippen LogP contribution < -0.4 is 10.5 Å². The van der Waals surface area contributed by atoms with Gasteiger partial charge in [0.1, 0.15) is 0 Å². The molecule has 1 aromatic heterocycles. The van der Waals surface area contributed by atoms with Gasteiger partial charge >= 0.3 is 0 Å². The minimum Gasteiger partial charge on any atom is -0.381 e. The first kappa shape index (κ1) is 19.3. The summed E-state index contributed by atoms with van der Waals surface area (Å²) in [5.74, 6) is -0.0182. The fourth-order valence-electron chi connectivity index (χ4n) is 3.99. The molecule has 2 aromatic carbocycles. The van der Waals surface area contributed by atoms with E-state index in [1.165, 1.54) is 0 Å². The normalized spacial score (nSPS) is 14.8. The van der Waals surface area contributed by atoms with Crippen molar-refractivity contribution in [3.8, 4) is 0 Å². The summed E-state index contributed by atoms with van der Waals surface area (Å²) in [6, 6.07) is 13.5. The number of nitrogens with zero attached hydrogens (tertiary/aromatic N) is 2. The molecule has 1 amide bonds. The summed E-state index contributed by atoms with van der Waals surface area (Å²) >= 11 is 0. The molecule has 1 aliphatic rings. The Hall–Kier alpha value is -2.99. The number of carbonyl (C=O) groups excluding carboxylic acids is 1. The standard InChI is InChI=1S/C23H25N3O3/c1-15-7-8-16(2)21(13-15)26(17-9-11-29-12-10-17)22(27)14-20-18-5-3-4-6-19(18)23(28)25-24-20/h3-8,13,17H,9-12,14H2,1-2H3,(H,25,28). The first-order valence-corrected chi connectivity index (χ1v) is 9.98. The van der Waals surface area contributed by atoms with Gasteiger partial charge in [-0.2, -0.15) is 5.10 Å². The topological polar surface area (TPSA) is 75.3 Å². The molecule has 1 aliphatic heterocycles. The van der Waals surface area contributed by atoms with Gasteiger partial charge in [-0.25, -0.2) is 5.10 Å². The van der Waals surface area contributed by atoms with E-state index in [-0.39, 0.29) is 23.9 Å². The Morgan fingerprint density at radius 1 is 1.14 bits per heavy atom. The number of carbonyl (C=O) groups is 1. The van der Waals surface area contributed by atoms with Crippen LogP contribution in [0.5, 0.6) is 0 Å². The average Bonchev–Trinajstić information content (AvgIpc) is 2.74. The summed E-state index contributed by atoms with van der Waals surface area (Å²) in [5.41, 5.74) is 3.47. The zero-order chi connectivity index (χ0) is 20.4. The van der Waals surface area contributed by atoms with Gasteiger partial charge in [0.25, 0.3) is 5.56 Å². The lowest BCUT2D eigenvalue weighted by molar-refractivity contribution is -0.118. The summed E-state index contributed by atoms with van der Waals surface area (Å²) in [4.78, 5) is 27.6. The van der Waals surface area contributed by atoms with Crippen molar-refractivity contribution in [1.29, 1.82) is 0 Å². The number of aryl methyl sites for hydroxylation is 2. The van der Waals surface area contributed by atoms with Gasteiger partial charge in [-0.05, 0) is 49.9 Å². The minimum absolute atomic E-state index is 0.0182. The Morgan fingerprint density at radius 2 is 1.86 bits per heavy atom. The number of fused-ring (bicyclic) bond motifs is 1. The van der Waals surface area contributed by atoms with E-state index in [1.54, 1.807) is 6.07 Å². The van der Waals surface area contributed by atoms with Crippen LogP contribution in [0.4, 0.5) is 5.69 Å². The molecule has 6 heteroatoms. The van der Waals surface area contributed by atoms with Crippen molar-refractivity contribution < 1.29 is 9.53 Å². The van der Waals surface area contributed by atoms with Crippen LogP contribution in [0.3, 0.4) is 0 Å². The van der Waals surface area contributed by atoms with E-state index in [4.69, 9.17) is 4.74 Å². The van der Waals surface area contributed by atoms with Crippen LogP contribution in [0.2, 0.25) is 0 Å². The quantitative estimate of drug-likeness (QED) is 0.740. The monoisotopic (exact) mass is 391 g/mol. The lowest BCUT2D eigenvalue weighted by Gasteiger charge is -2.35. The Balaban J connectivity index is 1.73. The third kappa shape index (κ3) is 3.93. The number of H-pyrrole nitrogens is 1. The summed E-state index contributed by atoms with van der Waals surface area (Å²) in [6.07, 6.45) is 1.74. The van der Waals surface area contributed by atoms with Gasteiger partial charge in [0.15, 0.2) is 0 Å². The SMILES string of the molecule is Cc1ccc(C)c(N(C(=O)Cc2n[nH]c(=O)c3ccccc23)C2CCOCC2)c1. The molecular weight excluding hydrogens is 366 g/mol. The Kier molecular flexibility index (Phi) is 5.45. The highest BCUT2D eigenvalue weighted by molar-refractivity contribution is 5.98. The smallest absolute Gasteiger partial charge is 0.272 e. The number of benzene rings is 2. The van der Waals surface area contributed by atoms with Crippen LogP contribution in [-0.4, -0.2) is 35.4 Å². The first-order valence-electron chi connectivity index (χ1n) is 9.98. The van der Waals surface area contributed by atoms with Crippen LogP contribution in [0.25, 0.3) is 10.8 Å². The number of rotatable bonds is 4. The van der Waals surface area contributed by atoms with Crippen molar-refractivity contribution in [2.24, 2.45) is 0 Å². The largest absolute Gasteiger partial charge is 0.381 e. The second-order valence-electron chi connectivity index (χ2n) is 7.62. The number of aromatic nitrogens is 2. The summed E-state index contributed by atoms with van der Waals surface area (Å²) in [5, 5.41) is 8.00. The molecule has 0 saturated carbocycles. The van der Waals surface area contributed by atoms with Gasteiger partial charge in [0.2, 0.25) is 5.91 Å². The number of nitrogens with one attached hydrogen (secondary N) is 1. The fraction of sp³-hybridized carbons (Fsp3) is 0.348. The van der Waals surface area contributed by atoms with E-state index in [0.717, 1.165) is 35.0 Å². The predicted molar refractivity (Wildman–Crippen MR) is 113 cm³/mol. The van der Waals surface area contributed by atoms with Gasteiger partial charge < -0.3 is 9.64 Å². The Morgan fingerprint density at radius 3 is 2.62 bits per heavy atom. The van der Waals surface area contributed by atoms with Crippen molar-refractivity contribution in [3.63, 3.8) is 0 Å². The summed E-state index contributed by atoms with van der Waals surface area (Å²) in [6.45, 7) is 5.37. The van der Waals surface area contributed by atoms with E-state index < -0.39 is 0 Å². The zero-order valence-electron chi connectivity index (χ0n) is 16.8. The Bertz CT molecular complexity index is 1100. The molecular formula is C23H25N3O3. The van der Waals surface area contributed by atoms with Crippen LogP contribution >= 0.6 is 0 Å². The predicted octanol–water partition coefficient (Wildman–Crippen LogP) is 3.29. The molecule has 0 atom stereocenters. The highest BCUT2D eigenvalue weighted by Gasteiger charge is 2.29. The highest BCUT2D eigenvalue weighted by atomic mass is 16.5. The summed E-state index contributed by atoms with van der Waals surface area (Å²) < 4.78 is 5.52. The molecule has 0 bridgehead atoms. The van der Waals surface area contributed by atoms with E-state index in [0.29, 0.717) is 24.3 Å². The minimum atomic E-state index is -0.243. The van der Waals surface area contributed by atoms with Gasteiger partial charge in [0, 0.05) is 30.3 Å². The first-order chi connectivity index (χ1) is 14.0. The molecule has 6 nitrogen and oxygen atoms in total. The fourth-order valence-corrected chi connectivity index (χ4v) is 3.99. The van der Waals surface area contributed by atoms with E-state index in [2.05, 4.69) is 28.4 Å². The van der Waals surface area contributed by atoms with Crippen LogP contribution in [0.15, 0.2) is 47.3 Å². The lowest BCUT2D eigenvalue weighted by atomic mass is 10.0. The van der Waals surface area contributed by atoms with E-state index >= 15 is 0 Å². The maximum Gasteiger partial charge on any atom is 0.272 e. The third-order valence-corrected chi connectivity index (χ3v) is 5.54. The second kappa shape index (κ2) is 8.17. The number of amides is 1. The summed E-state index contributed by atoms with van der Waals surface area (Å²) in [7, 11) is 0. The molecule has 0 aliphatic carbocycles. The molecule has 1 saturated heterocycles. The molecule has 29 heavy (non-hydrogen) atoms. The van der Waals surface area contributed by atoms with Crippen molar-refractivity contribution in [2.75, 3.05) is 18.1 Å². The Labute approximate surface area is 169 Å². The molecule has 1 fully saturated rings. The number of hydrogen-bond acceptors (Lipinski definition) is 4. The molecule has 150 valence electrons. The van der Waals surface area contributed by atoms with Crippen molar-refractivity contribution in [3.05, 3.63) is 69.6 Å². The van der Waals surface area contributed by atoms with Crippen LogP contribution in [-0.2, 0) is 16.0 Å². The lowest BCUT2D eigenvalue weighted by Crippen LogP contribution is -2.45. The maximum absolute atomic E-state index is 13.6. The number of ether oxygens (including phenoxy) is 1. The average molecular weight is 391 g/mol. The number of aromatic amines is 1. The molecule has 4 rings (SSSR count). The van der Waals surface area contributed by atoms with Crippen molar-refractivity contribution in [1.82, 2.24) is 10.2 Å². The molecule has 2 heterocycles. The van der Waals surface area contributed by atoms with E-state index in [1.807, 2.05) is 36.9 Å². The third-order valence-electron chi connectivity index (χ3n) is 5.54. The number of anilines is 1. The molecule has 0 unspecified atom stereocenters. The van der Waals surface area contributed by atoms with Crippen molar-refractivity contribution in [2.45, 2.75) is 39.2 Å². The van der Waals surface area contributed by atoms with Gasteiger partial charge in [-0.1, -0.05) is 30.3 Å². The number of hydrogen-bond donors (Lipinski definition) is 1. The van der Waals surface area contributed by atoms with Crippen LogP contribution in [0, 0.1) is 13.8 Å². The molecule has 3 aromatic rings. The molecule has 1 N–H and O–H groups in total. The van der Waals surface area contributed by atoms with Crippen LogP contribution in [0.1, 0.15) is 29.7 Å². The maximum atomic E-state index is 13.6. The molecule has 0 spiro atoms. The van der Waals surface area contributed by atoms with Gasteiger partial charge in [0.05, 0.1) is 17.5 Å². The molecule has 0 radical (unpaired) electrons.